The molecule has 144 valence electrons. The van der Waals surface area contributed by atoms with Crippen molar-refractivity contribution in [2.45, 2.75) is 13.0 Å². The largest absolute Gasteiger partial charge is 0.493 e. The standard InChI is InChI=1S/C22H28N2O3/c1-5-27-20-13-11-17(15-21(20)26-4)12-14-22(25)23-16-19(24(2)3)18-9-7-6-8-10-18/h6-15,19H,5,16H2,1-4H3,(H,23,25)/b14-12+. The first-order valence-electron chi connectivity index (χ1n) is 9.03. The molecule has 2 rings (SSSR count). The molecule has 5 heteroatoms. The number of likely N-dealkylation sites (N-methyl/N-ethyl adjacent to an activating group) is 1. The van der Waals surface area contributed by atoms with E-state index in [4.69, 9.17) is 9.47 Å². The summed E-state index contributed by atoms with van der Waals surface area (Å²) in [5.41, 5.74) is 2.04. The summed E-state index contributed by atoms with van der Waals surface area (Å²) in [5, 5.41) is 2.97. The Morgan fingerprint density at radius 1 is 1.15 bits per heavy atom. The highest BCUT2D eigenvalue weighted by atomic mass is 16.5. The van der Waals surface area contributed by atoms with E-state index in [2.05, 4.69) is 22.3 Å². The Morgan fingerprint density at radius 3 is 2.52 bits per heavy atom. The van der Waals surface area contributed by atoms with Gasteiger partial charge >= 0.3 is 0 Å². The van der Waals surface area contributed by atoms with Crippen LogP contribution in [0.15, 0.2) is 54.6 Å². The van der Waals surface area contributed by atoms with Gasteiger partial charge in [0.05, 0.1) is 19.8 Å². The zero-order chi connectivity index (χ0) is 19.6. The van der Waals surface area contributed by atoms with Crippen molar-refractivity contribution in [1.29, 1.82) is 0 Å². The number of nitrogens with zero attached hydrogens (tertiary/aromatic N) is 1. The highest BCUT2D eigenvalue weighted by Crippen LogP contribution is 2.28. The van der Waals surface area contributed by atoms with E-state index in [9.17, 15) is 4.79 Å². The maximum atomic E-state index is 12.2. The lowest BCUT2D eigenvalue weighted by Gasteiger charge is -2.24. The van der Waals surface area contributed by atoms with Crippen LogP contribution in [0.1, 0.15) is 24.1 Å². The van der Waals surface area contributed by atoms with Crippen molar-refractivity contribution in [3.63, 3.8) is 0 Å². The normalized spacial score (nSPS) is 12.2. The molecule has 0 aliphatic heterocycles. The zero-order valence-corrected chi connectivity index (χ0v) is 16.4. The Kier molecular flexibility index (Phi) is 7.89. The third-order valence-corrected chi connectivity index (χ3v) is 4.19. The summed E-state index contributed by atoms with van der Waals surface area (Å²) in [4.78, 5) is 14.3. The molecular formula is C22H28N2O3. The smallest absolute Gasteiger partial charge is 0.244 e. The van der Waals surface area contributed by atoms with E-state index in [0.29, 0.717) is 24.7 Å². The van der Waals surface area contributed by atoms with E-state index in [1.807, 2.05) is 57.4 Å². The highest BCUT2D eigenvalue weighted by molar-refractivity contribution is 5.91. The molecule has 2 aromatic carbocycles. The van der Waals surface area contributed by atoms with Gasteiger partial charge in [-0.25, -0.2) is 0 Å². The molecule has 0 spiro atoms. The third kappa shape index (κ3) is 6.15. The Hall–Kier alpha value is -2.79. The first-order chi connectivity index (χ1) is 13.0. The van der Waals surface area contributed by atoms with Crippen molar-refractivity contribution in [3.05, 3.63) is 65.7 Å². The molecule has 0 bridgehead atoms. The van der Waals surface area contributed by atoms with Crippen LogP contribution < -0.4 is 14.8 Å². The van der Waals surface area contributed by atoms with Crippen LogP contribution in [0.5, 0.6) is 11.5 Å². The fourth-order valence-electron chi connectivity index (χ4n) is 2.76. The van der Waals surface area contributed by atoms with Gasteiger partial charge in [-0.3, -0.25) is 4.79 Å². The summed E-state index contributed by atoms with van der Waals surface area (Å²) >= 11 is 0. The van der Waals surface area contributed by atoms with Gasteiger partial charge < -0.3 is 19.7 Å². The molecule has 0 saturated heterocycles. The van der Waals surface area contributed by atoms with Crippen LogP contribution in [0.3, 0.4) is 0 Å². The molecule has 1 amide bonds. The van der Waals surface area contributed by atoms with Crippen molar-refractivity contribution in [2.24, 2.45) is 0 Å². The Morgan fingerprint density at radius 2 is 1.89 bits per heavy atom. The predicted molar refractivity (Wildman–Crippen MR) is 109 cm³/mol. The van der Waals surface area contributed by atoms with Gasteiger partial charge in [0, 0.05) is 12.6 Å². The first-order valence-corrected chi connectivity index (χ1v) is 9.03. The van der Waals surface area contributed by atoms with E-state index in [-0.39, 0.29) is 11.9 Å². The number of nitrogens with one attached hydrogen (secondary N) is 1. The average Bonchev–Trinajstić information content (AvgIpc) is 2.68. The highest BCUT2D eigenvalue weighted by Gasteiger charge is 2.14. The number of amides is 1. The van der Waals surface area contributed by atoms with E-state index in [0.717, 1.165) is 5.56 Å². The molecular weight excluding hydrogens is 340 g/mol. The Bertz CT molecular complexity index is 757. The number of hydrogen-bond donors (Lipinski definition) is 1. The minimum atomic E-state index is -0.134. The third-order valence-electron chi connectivity index (χ3n) is 4.19. The van der Waals surface area contributed by atoms with Gasteiger partial charge in [0.2, 0.25) is 5.91 Å². The number of ether oxygens (including phenoxy) is 2. The average molecular weight is 368 g/mol. The summed E-state index contributed by atoms with van der Waals surface area (Å²) in [6, 6.07) is 15.8. The molecule has 0 fully saturated rings. The van der Waals surface area contributed by atoms with Crippen LogP contribution in [0.25, 0.3) is 6.08 Å². The first kappa shape index (κ1) is 20.5. The second-order valence-corrected chi connectivity index (χ2v) is 6.31. The van der Waals surface area contributed by atoms with E-state index >= 15 is 0 Å². The van der Waals surface area contributed by atoms with Crippen molar-refractivity contribution in [2.75, 3.05) is 34.4 Å². The van der Waals surface area contributed by atoms with E-state index in [1.54, 1.807) is 13.2 Å². The molecule has 0 aliphatic carbocycles. The number of carbonyl (C=O) groups is 1. The minimum Gasteiger partial charge on any atom is -0.493 e. The maximum absolute atomic E-state index is 12.2. The van der Waals surface area contributed by atoms with Gasteiger partial charge in [0.15, 0.2) is 11.5 Å². The van der Waals surface area contributed by atoms with Crippen LogP contribution in [-0.2, 0) is 4.79 Å². The quantitative estimate of drug-likeness (QED) is 0.688. The molecule has 1 N–H and O–H groups in total. The molecule has 5 nitrogen and oxygen atoms in total. The molecule has 27 heavy (non-hydrogen) atoms. The number of carbonyl (C=O) groups excluding carboxylic acids is 1. The summed E-state index contributed by atoms with van der Waals surface area (Å²) in [6.45, 7) is 3.03. The topological polar surface area (TPSA) is 50.8 Å². The zero-order valence-electron chi connectivity index (χ0n) is 16.4. The van der Waals surface area contributed by atoms with Gasteiger partial charge in [-0.15, -0.1) is 0 Å². The van der Waals surface area contributed by atoms with Crippen LogP contribution >= 0.6 is 0 Å². The number of benzene rings is 2. The van der Waals surface area contributed by atoms with Crippen molar-refractivity contribution >= 4 is 12.0 Å². The lowest BCUT2D eigenvalue weighted by Crippen LogP contribution is -2.33. The van der Waals surface area contributed by atoms with Crippen LogP contribution in [-0.4, -0.2) is 45.2 Å². The van der Waals surface area contributed by atoms with Crippen molar-refractivity contribution in [1.82, 2.24) is 10.2 Å². The van der Waals surface area contributed by atoms with Crippen LogP contribution in [0, 0.1) is 0 Å². The van der Waals surface area contributed by atoms with Crippen LogP contribution in [0.2, 0.25) is 0 Å². The maximum Gasteiger partial charge on any atom is 0.244 e. The van der Waals surface area contributed by atoms with Crippen LogP contribution in [0.4, 0.5) is 0 Å². The fourth-order valence-corrected chi connectivity index (χ4v) is 2.76. The molecule has 1 unspecified atom stereocenters. The Labute approximate surface area is 161 Å². The monoisotopic (exact) mass is 368 g/mol. The molecule has 2 aromatic rings. The SMILES string of the molecule is CCOc1ccc(/C=C/C(=O)NCC(c2ccccc2)N(C)C)cc1OC. The summed E-state index contributed by atoms with van der Waals surface area (Å²) < 4.78 is 10.8. The predicted octanol–water partition coefficient (Wildman–Crippen LogP) is 3.53. The minimum absolute atomic E-state index is 0.120. The summed E-state index contributed by atoms with van der Waals surface area (Å²) in [7, 11) is 5.61. The second-order valence-electron chi connectivity index (χ2n) is 6.31. The lowest BCUT2D eigenvalue weighted by molar-refractivity contribution is -0.116. The van der Waals surface area contributed by atoms with E-state index in [1.165, 1.54) is 11.6 Å². The van der Waals surface area contributed by atoms with Gasteiger partial charge in [-0.2, -0.15) is 0 Å². The number of rotatable bonds is 9. The van der Waals surface area contributed by atoms with Gasteiger partial charge in [-0.05, 0) is 50.4 Å². The molecule has 0 saturated carbocycles. The lowest BCUT2D eigenvalue weighted by atomic mass is 10.1. The summed E-state index contributed by atoms with van der Waals surface area (Å²) in [5.74, 6) is 1.21. The molecule has 0 aliphatic rings. The molecule has 0 heterocycles. The van der Waals surface area contributed by atoms with Crippen molar-refractivity contribution in [3.8, 4) is 11.5 Å². The second kappa shape index (κ2) is 10.4. The van der Waals surface area contributed by atoms with Gasteiger partial charge in [-0.1, -0.05) is 36.4 Å². The van der Waals surface area contributed by atoms with E-state index < -0.39 is 0 Å². The Balaban J connectivity index is 1.98. The summed E-state index contributed by atoms with van der Waals surface area (Å²) in [6.07, 6.45) is 3.30. The fraction of sp³-hybridized carbons (Fsp3) is 0.318. The molecule has 0 radical (unpaired) electrons. The number of methoxy groups -OCH3 is 1. The number of hydrogen-bond acceptors (Lipinski definition) is 4. The molecule has 1 atom stereocenters. The molecule has 0 aromatic heterocycles. The van der Waals surface area contributed by atoms with Gasteiger partial charge in [0.1, 0.15) is 0 Å². The van der Waals surface area contributed by atoms with Gasteiger partial charge in [0.25, 0.3) is 0 Å². The van der Waals surface area contributed by atoms with Crippen molar-refractivity contribution < 1.29 is 14.3 Å².